The number of fused-ring (bicyclic) bond motifs is 1. The second kappa shape index (κ2) is 9.43. The molecule has 9 nitrogen and oxygen atoms in total. The molecule has 2 amide bonds. The molecule has 2 saturated heterocycles. The van der Waals surface area contributed by atoms with Crippen molar-refractivity contribution < 1.29 is 27.9 Å². The van der Waals surface area contributed by atoms with E-state index in [2.05, 4.69) is 5.32 Å². The van der Waals surface area contributed by atoms with Gasteiger partial charge < -0.3 is 20.1 Å². The lowest BCUT2D eigenvalue weighted by Crippen LogP contribution is -2.48. The first-order chi connectivity index (χ1) is 15.4. The van der Waals surface area contributed by atoms with Crippen LogP contribution in [0.1, 0.15) is 23.2 Å². The number of benzene rings is 2. The number of nitrogens with zero attached hydrogens (tertiary/aromatic N) is 2. The molecule has 10 heteroatoms. The van der Waals surface area contributed by atoms with E-state index in [-0.39, 0.29) is 29.5 Å². The van der Waals surface area contributed by atoms with Crippen LogP contribution in [0.2, 0.25) is 0 Å². The lowest BCUT2D eigenvalue weighted by molar-refractivity contribution is -0.124. The Balaban J connectivity index is 1.40. The fourth-order valence-electron chi connectivity index (χ4n) is 4.24. The van der Waals surface area contributed by atoms with Gasteiger partial charge in [0.25, 0.3) is 5.91 Å². The summed E-state index contributed by atoms with van der Waals surface area (Å²) in [5.74, 6) is -1.10. The zero-order valence-corrected chi connectivity index (χ0v) is 18.5. The smallest absolute Gasteiger partial charge is 0.258 e. The topological polar surface area (TPSA) is 116 Å². The van der Waals surface area contributed by atoms with Crippen LogP contribution in [0.15, 0.2) is 36.4 Å². The van der Waals surface area contributed by atoms with E-state index in [1.165, 1.54) is 9.21 Å². The molecule has 1 atom stereocenters. The van der Waals surface area contributed by atoms with Crippen LogP contribution in [-0.2, 0) is 19.6 Å². The number of nitrogens with one attached hydrogen (secondary N) is 1. The van der Waals surface area contributed by atoms with Crippen molar-refractivity contribution >= 4 is 32.6 Å². The summed E-state index contributed by atoms with van der Waals surface area (Å²) in [6, 6.07) is 9.87. The Bertz CT molecular complexity index is 1110. The molecular weight excluding hydrogens is 434 g/mol. The zero-order valence-electron chi connectivity index (χ0n) is 17.7. The third-order valence-electron chi connectivity index (χ3n) is 5.97. The molecule has 0 radical (unpaired) electrons. The van der Waals surface area contributed by atoms with E-state index in [0.717, 1.165) is 5.39 Å². The molecule has 2 aromatic carbocycles. The lowest BCUT2D eigenvalue weighted by Gasteiger charge is -2.27. The number of ether oxygens (including phenoxy) is 1. The maximum Gasteiger partial charge on any atom is 0.258 e. The Morgan fingerprint density at radius 3 is 2.62 bits per heavy atom. The zero-order chi connectivity index (χ0) is 22.7. The van der Waals surface area contributed by atoms with Gasteiger partial charge in [-0.3, -0.25) is 9.59 Å². The fraction of sp³-hybridized carbons (Fsp3) is 0.455. The predicted molar refractivity (Wildman–Crippen MR) is 119 cm³/mol. The molecular formula is C22H27N3O6S. The van der Waals surface area contributed by atoms with E-state index in [0.29, 0.717) is 51.1 Å². The number of carbonyl (C=O) groups is 2. The number of sulfonamides is 1. The summed E-state index contributed by atoms with van der Waals surface area (Å²) in [6.07, 6.45) is 1.15. The van der Waals surface area contributed by atoms with Gasteiger partial charge in [-0.05, 0) is 24.3 Å². The number of hydrogen-bond acceptors (Lipinski definition) is 6. The molecule has 2 heterocycles. The van der Waals surface area contributed by atoms with Gasteiger partial charge in [-0.2, -0.15) is 4.31 Å². The van der Waals surface area contributed by atoms with Crippen molar-refractivity contribution in [2.24, 2.45) is 0 Å². The maximum atomic E-state index is 13.1. The molecule has 0 saturated carbocycles. The van der Waals surface area contributed by atoms with E-state index < -0.39 is 22.0 Å². The van der Waals surface area contributed by atoms with Gasteiger partial charge >= 0.3 is 0 Å². The highest BCUT2D eigenvalue weighted by Gasteiger charge is 2.35. The summed E-state index contributed by atoms with van der Waals surface area (Å²) < 4.78 is 31.4. The van der Waals surface area contributed by atoms with Crippen LogP contribution in [0.3, 0.4) is 0 Å². The number of morpholine rings is 1. The van der Waals surface area contributed by atoms with Crippen LogP contribution in [0.25, 0.3) is 10.8 Å². The molecule has 2 aliphatic heterocycles. The Morgan fingerprint density at radius 2 is 1.84 bits per heavy atom. The number of carbonyl (C=O) groups excluding carboxylic acids is 2. The van der Waals surface area contributed by atoms with Crippen molar-refractivity contribution in [2.45, 2.75) is 18.9 Å². The second-order valence-corrected chi connectivity index (χ2v) is 10.0. The van der Waals surface area contributed by atoms with E-state index in [9.17, 15) is 23.1 Å². The van der Waals surface area contributed by atoms with Crippen molar-refractivity contribution in [3.63, 3.8) is 0 Å². The average molecular weight is 462 g/mol. The molecule has 2 N–H and O–H groups in total. The van der Waals surface area contributed by atoms with E-state index >= 15 is 0 Å². The minimum absolute atomic E-state index is 0.0295. The third-order valence-corrected chi connectivity index (χ3v) is 7.84. The molecule has 0 aromatic heterocycles. The average Bonchev–Trinajstić information content (AvgIpc) is 3.30. The van der Waals surface area contributed by atoms with Crippen molar-refractivity contribution in [1.82, 2.24) is 14.5 Å². The summed E-state index contributed by atoms with van der Waals surface area (Å²) in [5.41, 5.74) is 0.151. The van der Waals surface area contributed by atoms with Crippen LogP contribution in [0.5, 0.6) is 5.75 Å². The number of phenols is 1. The molecule has 1 unspecified atom stereocenters. The second-order valence-electron chi connectivity index (χ2n) is 7.96. The number of hydrogen-bond donors (Lipinski definition) is 2. The molecule has 0 bridgehead atoms. The number of aromatic hydroxyl groups is 1. The number of rotatable bonds is 6. The number of amides is 2. The Kier molecular flexibility index (Phi) is 6.63. The first-order valence-corrected chi connectivity index (χ1v) is 12.3. The van der Waals surface area contributed by atoms with E-state index in [1.807, 2.05) is 12.1 Å². The molecule has 172 valence electrons. The van der Waals surface area contributed by atoms with Crippen molar-refractivity contribution in [3.8, 4) is 5.75 Å². The first-order valence-electron chi connectivity index (χ1n) is 10.7. The Hall–Kier alpha value is -2.69. The summed E-state index contributed by atoms with van der Waals surface area (Å²) in [4.78, 5) is 27.3. The van der Waals surface area contributed by atoms with Crippen LogP contribution >= 0.6 is 0 Å². The van der Waals surface area contributed by atoms with Crippen LogP contribution in [-0.4, -0.2) is 85.7 Å². The van der Waals surface area contributed by atoms with E-state index in [4.69, 9.17) is 4.74 Å². The standard InChI is InChI=1S/C22H27N3O6S/c26-20-17-5-2-1-4-16(17)7-8-18(20)22(28)25-10-3-6-19(25)21(27)23-9-15-32(29,30)24-11-13-31-14-12-24/h1-2,4-5,7-8,19,26H,3,6,9-15H2,(H,23,27). The van der Waals surface area contributed by atoms with Gasteiger partial charge in [0.1, 0.15) is 11.8 Å². The predicted octanol–water partition coefficient (Wildman–Crippen LogP) is 0.928. The summed E-state index contributed by atoms with van der Waals surface area (Å²) in [7, 11) is -3.48. The summed E-state index contributed by atoms with van der Waals surface area (Å²) >= 11 is 0. The molecule has 2 aromatic rings. The Morgan fingerprint density at radius 1 is 1.09 bits per heavy atom. The lowest BCUT2D eigenvalue weighted by atomic mass is 10.0. The first kappa shape index (κ1) is 22.5. The molecule has 0 aliphatic carbocycles. The number of likely N-dealkylation sites (tertiary alicyclic amines) is 1. The highest BCUT2D eigenvalue weighted by atomic mass is 32.2. The SMILES string of the molecule is O=C(NCCS(=O)(=O)N1CCOCC1)C1CCCN1C(=O)c1ccc2ccccc2c1O. The highest BCUT2D eigenvalue weighted by Crippen LogP contribution is 2.31. The van der Waals surface area contributed by atoms with Gasteiger partial charge in [0.2, 0.25) is 15.9 Å². The summed E-state index contributed by atoms with van der Waals surface area (Å²) in [6.45, 7) is 1.74. The highest BCUT2D eigenvalue weighted by molar-refractivity contribution is 7.89. The van der Waals surface area contributed by atoms with Crippen molar-refractivity contribution in [3.05, 3.63) is 42.0 Å². The van der Waals surface area contributed by atoms with Gasteiger partial charge in [-0.1, -0.05) is 30.3 Å². The molecule has 2 aliphatic rings. The monoisotopic (exact) mass is 461 g/mol. The van der Waals surface area contributed by atoms with Crippen LogP contribution < -0.4 is 5.32 Å². The maximum absolute atomic E-state index is 13.1. The van der Waals surface area contributed by atoms with Crippen molar-refractivity contribution in [1.29, 1.82) is 0 Å². The normalized spacial score (nSPS) is 19.9. The van der Waals surface area contributed by atoms with Crippen LogP contribution in [0, 0.1) is 0 Å². The van der Waals surface area contributed by atoms with Gasteiger partial charge in [0, 0.05) is 31.6 Å². The number of phenolic OH excluding ortho intramolecular Hbond substituents is 1. The quantitative estimate of drug-likeness (QED) is 0.661. The van der Waals surface area contributed by atoms with Gasteiger partial charge in [-0.15, -0.1) is 0 Å². The van der Waals surface area contributed by atoms with Gasteiger partial charge in [0.15, 0.2) is 0 Å². The molecule has 0 spiro atoms. The summed E-state index contributed by atoms with van der Waals surface area (Å²) in [5, 5.41) is 14.7. The van der Waals surface area contributed by atoms with Gasteiger partial charge in [-0.25, -0.2) is 8.42 Å². The third kappa shape index (κ3) is 4.57. The van der Waals surface area contributed by atoms with E-state index in [1.54, 1.807) is 24.3 Å². The molecule has 4 rings (SSSR count). The van der Waals surface area contributed by atoms with Crippen LogP contribution in [0.4, 0.5) is 0 Å². The fourth-order valence-corrected chi connectivity index (χ4v) is 5.56. The molecule has 2 fully saturated rings. The van der Waals surface area contributed by atoms with Crippen molar-refractivity contribution in [2.75, 3.05) is 45.1 Å². The Labute approximate surface area is 187 Å². The molecule has 32 heavy (non-hydrogen) atoms. The minimum atomic E-state index is -3.48. The van der Waals surface area contributed by atoms with Gasteiger partial charge in [0.05, 0.1) is 24.5 Å². The largest absolute Gasteiger partial charge is 0.506 e. The minimum Gasteiger partial charge on any atom is -0.506 e.